The average molecular weight is 540 g/mol. The monoisotopic (exact) mass is 539 g/mol. The highest BCUT2D eigenvalue weighted by Gasteiger charge is 2.36. The fourth-order valence-electron chi connectivity index (χ4n) is 5.68. The van der Waals surface area contributed by atoms with Crippen LogP contribution in [0.2, 0.25) is 0 Å². The van der Waals surface area contributed by atoms with Crippen molar-refractivity contribution in [2.75, 3.05) is 31.2 Å². The zero-order valence-electron chi connectivity index (χ0n) is 22.0. The molecule has 0 unspecified atom stereocenters. The van der Waals surface area contributed by atoms with Gasteiger partial charge in [0.05, 0.1) is 25.7 Å². The summed E-state index contributed by atoms with van der Waals surface area (Å²) in [5.74, 6) is 0.400. The molecule has 1 saturated heterocycles. The van der Waals surface area contributed by atoms with Gasteiger partial charge in [-0.05, 0) is 57.7 Å². The third-order valence-electron chi connectivity index (χ3n) is 7.48. The van der Waals surface area contributed by atoms with E-state index < -0.39 is 17.5 Å². The van der Waals surface area contributed by atoms with Crippen LogP contribution in [0, 0.1) is 5.82 Å². The van der Waals surface area contributed by atoms with Crippen LogP contribution in [0.25, 0.3) is 5.65 Å². The van der Waals surface area contributed by atoms with Crippen LogP contribution in [-0.2, 0) is 11.3 Å². The van der Waals surface area contributed by atoms with Crippen LogP contribution in [0.5, 0.6) is 11.5 Å². The number of halogens is 1. The Kier molecular flexibility index (Phi) is 6.00. The molecular formula is C27H30FN5O6. The molecule has 0 aliphatic carbocycles. The number of amides is 2. The summed E-state index contributed by atoms with van der Waals surface area (Å²) < 4.78 is 34.2. The Labute approximate surface area is 224 Å². The second-order valence-corrected chi connectivity index (χ2v) is 11.2. The number of pyridine rings is 1. The minimum absolute atomic E-state index is 0.0336. The number of benzene rings is 1. The zero-order valence-corrected chi connectivity index (χ0v) is 22.0. The lowest BCUT2D eigenvalue weighted by Crippen LogP contribution is -2.41. The van der Waals surface area contributed by atoms with E-state index in [4.69, 9.17) is 14.2 Å². The van der Waals surface area contributed by atoms with E-state index in [9.17, 15) is 14.7 Å². The predicted molar refractivity (Wildman–Crippen MR) is 137 cm³/mol. The van der Waals surface area contributed by atoms with Crippen LogP contribution in [0.15, 0.2) is 24.5 Å². The molecular weight excluding hydrogens is 509 g/mol. The summed E-state index contributed by atoms with van der Waals surface area (Å²) in [6.45, 7) is 6.82. The number of hydrogen-bond acceptors (Lipinski definition) is 7. The minimum atomic E-state index is -1.26. The number of carbonyl (C=O) groups is 2. The number of piperidine rings is 1. The molecule has 0 saturated carbocycles. The van der Waals surface area contributed by atoms with E-state index in [1.807, 2.05) is 26.8 Å². The number of likely N-dealkylation sites (tertiary alicyclic amines) is 1. The summed E-state index contributed by atoms with van der Waals surface area (Å²) in [4.78, 5) is 27.9. The number of ether oxygens (including phenoxy) is 3. The van der Waals surface area contributed by atoms with Crippen molar-refractivity contribution in [1.82, 2.24) is 19.5 Å². The molecule has 0 bridgehead atoms. The van der Waals surface area contributed by atoms with Gasteiger partial charge in [-0.1, -0.05) is 0 Å². The van der Waals surface area contributed by atoms with Gasteiger partial charge in [0.25, 0.3) is 0 Å². The van der Waals surface area contributed by atoms with Crippen molar-refractivity contribution in [1.29, 1.82) is 0 Å². The number of rotatable bonds is 1. The van der Waals surface area contributed by atoms with Crippen molar-refractivity contribution in [2.24, 2.45) is 0 Å². The van der Waals surface area contributed by atoms with Crippen molar-refractivity contribution >= 4 is 23.7 Å². The fourth-order valence-corrected chi connectivity index (χ4v) is 5.68. The minimum Gasteiger partial charge on any atom is -0.493 e. The summed E-state index contributed by atoms with van der Waals surface area (Å²) in [6.07, 6.45) is 1.18. The molecule has 11 nitrogen and oxygen atoms in total. The van der Waals surface area contributed by atoms with Gasteiger partial charge in [0.2, 0.25) is 0 Å². The molecule has 1 aromatic carbocycles. The van der Waals surface area contributed by atoms with E-state index in [-0.39, 0.29) is 42.5 Å². The molecule has 2 aromatic heterocycles. The Morgan fingerprint density at radius 2 is 1.82 bits per heavy atom. The second-order valence-electron chi connectivity index (χ2n) is 11.2. The van der Waals surface area contributed by atoms with Crippen LogP contribution in [0.1, 0.15) is 62.1 Å². The molecule has 3 aliphatic heterocycles. The lowest BCUT2D eigenvalue weighted by atomic mass is 9.90. The summed E-state index contributed by atoms with van der Waals surface area (Å²) >= 11 is 0. The highest BCUT2D eigenvalue weighted by molar-refractivity contribution is 5.88. The number of carboxylic acid groups (broad SMARTS) is 1. The molecule has 5 heterocycles. The largest absolute Gasteiger partial charge is 0.493 e. The topological polar surface area (TPSA) is 119 Å². The number of fused-ring (bicyclic) bond motifs is 3. The lowest BCUT2D eigenvalue weighted by Gasteiger charge is -2.34. The molecule has 0 spiro atoms. The molecule has 39 heavy (non-hydrogen) atoms. The first-order chi connectivity index (χ1) is 18.6. The molecule has 0 radical (unpaired) electrons. The van der Waals surface area contributed by atoms with Crippen LogP contribution >= 0.6 is 0 Å². The first kappa shape index (κ1) is 25.2. The molecule has 12 heteroatoms. The Morgan fingerprint density at radius 1 is 1.10 bits per heavy atom. The smallest absolute Gasteiger partial charge is 0.413 e. The summed E-state index contributed by atoms with van der Waals surface area (Å²) in [5.41, 5.74) is 1.70. The molecule has 1 atom stereocenters. The third kappa shape index (κ3) is 4.47. The number of anilines is 1. The number of aromatic nitrogens is 3. The number of hydrogen-bond donors (Lipinski definition) is 1. The Morgan fingerprint density at radius 3 is 2.51 bits per heavy atom. The van der Waals surface area contributed by atoms with Crippen molar-refractivity contribution in [3.63, 3.8) is 0 Å². The van der Waals surface area contributed by atoms with Gasteiger partial charge >= 0.3 is 12.2 Å². The first-order valence-electron chi connectivity index (χ1n) is 13.0. The third-order valence-corrected chi connectivity index (χ3v) is 7.48. The summed E-state index contributed by atoms with van der Waals surface area (Å²) in [5, 5.41) is 18.6. The van der Waals surface area contributed by atoms with Gasteiger partial charge in [-0.2, -0.15) is 0 Å². The van der Waals surface area contributed by atoms with Gasteiger partial charge in [-0.3, -0.25) is 9.30 Å². The van der Waals surface area contributed by atoms with E-state index >= 15 is 4.39 Å². The number of carbonyl (C=O) groups excluding carboxylic acids is 1. The molecule has 1 N–H and O–H groups in total. The van der Waals surface area contributed by atoms with E-state index in [1.54, 1.807) is 15.4 Å². The van der Waals surface area contributed by atoms with Gasteiger partial charge in [0.15, 0.2) is 17.2 Å². The Balaban J connectivity index is 1.37. The SMILES string of the molecule is CC(C)(C)OC(=O)N1CCC(c2cc3c(n4cnnc24)N(C(=O)O)Cc2c(F)ccc4c2[C@@H](CO4)CO3)CC1. The molecule has 206 valence electrons. The average Bonchev–Trinajstić information content (AvgIpc) is 3.54. The maximum atomic E-state index is 15.1. The summed E-state index contributed by atoms with van der Waals surface area (Å²) in [6, 6.07) is 4.70. The van der Waals surface area contributed by atoms with Crippen molar-refractivity contribution < 1.29 is 33.3 Å². The Bertz CT molecular complexity index is 1460. The van der Waals surface area contributed by atoms with E-state index in [0.29, 0.717) is 55.2 Å². The molecule has 1 fully saturated rings. The van der Waals surface area contributed by atoms with E-state index in [0.717, 1.165) is 10.5 Å². The predicted octanol–water partition coefficient (Wildman–Crippen LogP) is 4.54. The van der Waals surface area contributed by atoms with Gasteiger partial charge in [-0.25, -0.2) is 14.0 Å². The van der Waals surface area contributed by atoms with Crippen molar-refractivity contribution in [2.45, 2.75) is 57.6 Å². The van der Waals surface area contributed by atoms with Crippen LogP contribution < -0.4 is 14.4 Å². The second kappa shape index (κ2) is 9.28. The van der Waals surface area contributed by atoms with Crippen LogP contribution in [0.3, 0.4) is 0 Å². The van der Waals surface area contributed by atoms with Gasteiger partial charge in [0.1, 0.15) is 23.5 Å². The van der Waals surface area contributed by atoms with Crippen LogP contribution in [-0.4, -0.2) is 68.7 Å². The molecule has 3 aromatic rings. The zero-order chi connectivity index (χ0) is 27.5. The maximum Gasteiger partial charge on any atom is 0.413 e. The maximum absolute atomic E-state index is 15.1. The molecule has 2 amide bonds. The van der Waals surface area contributed by atoms with Gasteiger partial charge in [0, 0.05) is 29.8 Å². The summed E-state index contributed by atoms with van der Waals surface area (Å²) in [7, 11) is 0. The lowest BCUT2D eigenvalue weighted by molar-refractivity contribution is 0.0205. The Hall–Kier alpha value is -4.09. The standard InChI is InChI=1S/C27H30FN5O6/c1-27(2,3)39-26(36)31-8-6-15(7-9-31)17-10-21-24(33-14-29-30-23(17)33)32(25(34)35)11-18-19(28)4-5-20-22(18)16(12-37-20)13-38-21/h4-5,10,14-16H,6-9,11-13H2,1-3H3,(H,34,35)/t16-/m0/s1. The van der Waals surface area contributed by atoms with Gasteiger partial charge in [-0.15, -0.1) is 10.2 Å². The van der Waals surface area contributed by atoms with Crippen LogP contribution in [0.4, 0.5) is 19.8 Å². The van der Waals surface area contributed by atoms with E-state index in [1.165, 1.54) is 12.4 Å². The molecule has 6 rings (SSSR count). The van der Waals surface area contributed by atoms with E-state index in [2.05, 4.69) is 10.2 Å². The fraction of sp³-hybridized carbons (Fsp3) is 0.481. The van der Waals surface area contributed by atoms with Crippen molar-refractivity contribution in [3.05, 3.63) is 47.0 Å². The highest BCUT2D eigenvalue weighted by atomic mass is 19.1. The number of nitrogens with zero attached hydrogens (tertiary/aromatic N) is 5. The van der Waals surface area contributed by atoms with Crippen molar-refractivity contribution in [3.8, 4) is 11.5 Å². The van der Waals surface area contributed by atoms with Gasteiger partial charge < -0.3 is 24.2 Å². The molecule has 3 aliphatic rings. The normalized spacial score (nSPS) is 19.3. The first-order valence-corrected chi connectivity index (χ1v) is 13.0. The highest BCUT2D eigenvalue weighted by Crippen LogP contribution is 2.44. The quantitative estimate of drug-likeness (QED) is 0.479.